The number of nitrogens with zero attached hydrogens (tertiary/aromatic N) is 2. The number of carbonyl (C=O) groups is 2. The van der Waals surface area contributed by atoms with E-state index in [0.717, 1.165) is 0 Å². The van der Waals surface area contributed by atoms with E-state index in [1.54, 1.807) is 26.8 Å². The predicted octanol–water partition coefficient (Wildman–Crippen LogP) is 4.06. The molecule has 2 aromatic carbocycles. The van der Waals surface area contributed by atoms with Crippen molar-refractivity contribution in [3.8, 4) is 23.3 Å². The first-order chi connectivity index (χ1) is 15.7. The molecule has 0 saturated heterocycles. The summed E-state index contributed by atoms with van der Waals surface area (Å²) in [5, 5.41) is 23.2. The van der Waals surface area contributed by atoms with E-state index in [2.05, 4.69) is 10.3 Å². The molecule has 0 radical (unpaired) electrons. The lowest BCUT2D eigenvalue weighted by Gasteiger charge is -2.22. The molecule has 170 valence electrons. The zero-order chi connectivity index (χ0) is 24.2. The van der Waals surface area contributed by atoms with Crippen LogP contribution in [0.15, 0.2) is 42.5 Å². The van der Waals surface area contributed by atoms with Crippen LogP contribution in [0.25, 0.3) is 10.8 Å². The minimum Gasteiger partial charge on any atom is -0.505 e. The molecule has 8 nitrogen and oxygen atoms in total. The number of carbonyl (C=O) groups excluding carboxylic acids is 2. The Morgan fingerprint density at radius 2 is 1.91 bits per heavy atom. The molecule has 1 heterocycles. The molecule has 1 amide bonds. The zero-order valence-corrected chi connectivity index (χ0v) is 18.3. The molecule has 0 aliphatic rings. The molecule has 0 aliphatic carbocycles. The molecule has 9 heteroatoms. The molecule has 1 aromatic heterocycles. The van der Waals surface area contributed by atoms with Gasteiger partial charge in [-0.15, -0.1) is 0 Å². The lowest BCUT2D eigenvalue weighted by molar-refractivity contribution is -0.153. The summed E-state index contributed by atoms with van der Waals surface area (Å²) in [5.74, 6) is -1.57. The Kier molecular flexibility index (Phi) is 6.78. The van der Waals surface area contributed by atoms with Crippen LogP contribution in [0.2, 0.25) is 0 Å². The standard InChI is InChI=1S/C24H22FN3O5/c1-4-32-23(31)24(2,3)13-27-22(30)20-21(29)17-9-8-16(11-18(17)19(12-26)28-20)33-15-7-5-6-14(25)10-15/h5-11,29H,4,13H2,1-3H3,(H,27,30). The van der Waals surface area contributed by atoms with E-state index >= 15 is 0 Å². The summed E-state index contributed by atoms with van der Waals surface area (Å²) in [7, 11) is 0. The van der Waals surface area contributed by atoms with Crippen molar-refractivity contribution in [3.05, 3.63) is 59.7 Å². The SMILES string of the molecule is CCOC(=O)C(C)(C)CNC(=O)c1nc(C#N)c2cc(Oc3cccc(F)c3)ccc2c1O. The van der Waals surface area contributed by atoms with E-state index < -0.39 is 28.9 Å². The maximum atomic E-state index is 13.4. The molecule has 3 aromatic rings. The summed E-state index contributed by atoms with van der Waals surface area (Å²) >= 11 is 0. The van der Waals surface area contributed by atoms with Gasteiger partial charge in [-0.2, -0.15) is 5.26 Å². The van der Waals surface area contributed by atoms with Gasteiger partial charge in [-0.1, -0.05) is 6.07 Å². The van der Waals surface area contributed by atoms with Crippen LogP contribution in [0.4, 0.5) is 4.39 Å². The van der Waals surface area contributed by atoms with Crippen molar-refractivity contribution in [2.24, 2.45) is 5.41 Å². The smallest absolute Gasteiger partial charge is 0.313 e. The Hall–Kier alpha value is -4.19. The number of pyridine rings is 1. The van der Waals surface area contributed by atoms with Crippen LogP contribution in [-0.2, 0) is 9.53 Å². The van der Waals surface area contributed by atoms with E-state index in [0.29, 0.717) is 5.75 Å². The van der Waals surface area contributed by atoms with Crippen molar-refractivity contribution < 1.29 is 28.6 Å². The van der Waals surface area contributed by atoms with E-state index in [-0.39, 0.29) is 41.1 Å². The van der Waals surface area contributed by atoms with Gasteiger partial charge < -0.3 is 19.9 Å². The lowest BCUT2D eigenvalue weighted by atomic mass is 9.93. The molecular formula is C24H22FN3O5. The van der Waals surface area contributed by atoms with E-state index in [1.165, 1.54) is 36.4 Å². The van der Waals surface area contributed by atoms with Crippen LogP contribution in [0.3, 0.4) is 0 Å². The van der Waals surface area contributed by atoms with Crippen molar-refractivity contribution in [1.29, 1.82) is 5.26 Å². The number of fused-ring (bicyclic) bond motifs is 1. The van der Waals surface area contributed by atoms with Crippen molar-refractivity contribution in [1.82, 2.24) is 10.3 Å². The Morgan fingerprint density at radius 3 is 2.58 bits per heavy atom. The molecule has 2 N–H and O–H groups in total. The van der Waals surface area contributed by atoms with Crippen molar-refractivity contribution >= 4 is 22.6 Å². The lowest BCUT2D eigenvalue weighted by Crippen LogP contribution is -2.40. The van der Waals surface area contributed by atoms with Crippen molar-refractivity contribution in [2.75, 3.05) is 13.2 Å². The number of hydrogen-bond acceptors (Lipinski definition) is 7. The summed E-state index contributed by atoms with van der Waals surface area (Å²) in [4.78, 5) is 28.7. The maximum Gasteiger partial charge on any atom is 0.313 e. The summed E-state index contributed by atoms with van der Waals surface area (Å²) < 4.78 is 24.0. The Balaban J connectivity index is 1.90. The van der Waals surface area contributed by atoms with Gasteiger partial charge in [-0.05, 0) is 51.1 Å². The average Bonchev–Trinajstić information content (AvgIpc) is 2.78. The minimum absolute atomic E-state index is 0.0634. The van der Waals surface area contributed by atoms with Gasteiger partial charge in [0.1, 0.15) is 29.1 Å². The highest BCUT2D eigenvalue weighted by Gasteiger charge is 2.30. The molecule has 0 unspecified atom stereocenters. The second-order valence-corrected chi connectivity index (χ2v) is 7.82. The van der Waals surface area contributed by atoms with Crippen LogP contribution >= 0.6 is 0 Å². The second-order valence-electron chi connectivity index (χ2n) is 7.82. The quantitative estimate of drug-likeness (QED) is 0.520. The Morgan fingerprint density at radius 1 is 1.18 bits per heavy atom. The number of nitrogens with one attached hydrogen (secondary N) is 1. The monoisotopic (exact) mass is 451 g/mol. The zero-order valence-electron chi connectivity index (χ0n) is 18.3. The number of nitriles is 1. The molecule has 0 fully saturated rings. The molecule has 0 spiro atoms. The highest BCUT2D eigenvalue weighted by atomic mass is 19.1. The number of rotatable bonds is 7. The molecule has 3 rings (SSSR count). The summed E-state index contributed by atoms with van der Waals surface area (Å²) in [6.07, 6.45) is 0. The van der Waals surface area contributed by atoms with Gasteiger partial charge in [-0.3, -0.25) is 9.59 Å². The topological polar surface area (TPSA) is 122 Å². The number of halogens is 1. The average molecular weight is 451 g/mol. The number of aromatic nitrogens is 1. The van der Waals surface area contributed by atoms with Crippen LogP contribution in [-0.4, -0.2) is 35.1 Å². The normalized spacial score (nSPS) is 11.0. The Labute approximate surface area is 189 Å². The van der Waals surface area contributed by atoms with Crippen molar-refractivity contribution in [3.63, 3.8) is 0 Å². The molecule has 0 saturated carbocycles. The van der Waals surface area contributed by atoms with Gasteiger partial charge in [0, 0.05) is 23.4 Å². The van der Waals surface area contributed by atoms with Gasteiger partial charge >= 0.3 is 5.97 Å². The molecule has 33 heavy (non-hydrogen) atoms. The third kappa shape index (κ3) is 5.18. The third-order valence-corrected chi connectivity index (χ3v) is 4.82. The van der Waals surface area contributed by atoms with Crippen LogP contribution in [0, 0.1) is 22.6 Å². The van der Waals surface area contributed by atoms with E-state index in [1.807, 2.05) is 6.07 Å². The van der Waals surface area contributed by atoms with Crippen LogP contribution in [0.1, 0.15) is 37.0 Å². The summed E-state index contributed by atoms with van der Waals surface area (Å²) in [6, 6.07) is 11.9. The Bertz CT molecular complexity index is 1270. The van der Waals surface area contributed by atoms with E-state index in [9.17, 15) is 24.3 Å². The van der Waals surface area contributed by atoms with Crippen LogP contribution < -0.4 is 10.1 Å². The van der Waals surface area contributed by atoms with Crippen molar-refractivity contribution in [2.45, 2.75) is 20.8 Å². The summed E-state index contributed by atoms with van der Waals surface area (Å²) in [6.45, 7) is 5.05. The molecular weight excluding hydrogens is 429 g/mol. The number of ether oxygens (including phenoxy) is 2. The van der Waals surface area contributed by atoms with Gasteiger partial charge in [0.05, 0.1) is 12.0 Å². The van der Waals surface area contributed by atoms with Crippen LogP contribution in [0.5, 0.6) is 17.2 Å². The largest absolute Gasteiger partial charge is 0.505 e. The number of amides is 1. The number of benzene rings is 2. The van der Waals surface area contributed by atoms with Gasteiger partial charge in [0.25, 0.3) is 5.91 Å². The molecule has 0 bridgehead atoms. The van der Waals surface area contributed by atoms with E-state index in [4.69, 9.17) is 9.47 Å². The first-order valence-electron chi connectivity index (χ1n) is 10.1. The number of hydrogen-bond donors (Lipinski definition) is 2. The third-order valence-electron chi connectivity index (χ3n) is 4.82. The fraction of sp³-hybridized carbons (Fsp3) is 0.250. The maximum absolute atomic E-state index is 13.4. The molecule has 0 aliphatic heterocycles. The minimum atomic E-state index is -1.00. The summed E-state index contributed by atoms with van der Waals surface area (Å²) in [5.41, 5.74) is -1.46. The highest BCUT2D eigenvalue weighted by Crippen LogP contribution is 2.33. The first-order valence-corrected chi connectivity index (χ1v) is 10.1. The number of aromatic hydroxyl groups is 1. The first kappa shape index (κ1) is 23.5. The fourth-order valence-electron chi connectivity index (χ4n) is 3.04. The highest BCUT2D eigenvalue weighted by molar-refractivity contribution is 6.03. The fourth-order valence-corrected chi connectivity index (χ4v) is 3.04. The van der Waals surface area contributed by atoms with Gasteiger partial charge in [-0.25, -0.2) is 9.37 Å². The van der Waals surface area contributed by atoms with Gasteiger partial charge in [0.15, 0.2) is 11.4 Å². The number of esters is 1. The second kappa shape index (κ2) is 9.53. The predicted molar refractivity (Wildman–Crippen MR) is 117 cm³/mol. The van der Waals surface area contributed by atoms with Gasteiger partial charge in [0.2, 0.25) is 0 Å². The molecule has 0 atom stereocenters.